The highest BCUT2D eigenvalue weighted by Crippen LogP contribution is 2.20. The van der Waals surface area contributed by atoms with E-state index in [0.717, 1.165) is 16.5 Å². The number of benzene rings is 2. The Morgan fingerprint density at radius 1 is 1.00 bits per heavy atom. The molecule has 0 atom stereocenters. The van der Waals surface area contributed by atoms with Gasteiger partial charge in [-0.25, -0.2) is 0 Å². The molecule has 3 nitrogen and oxygen atoms in total. The molecule has 0 unspecified atom stereocenters. The summed E-state index contributed by atoms with van der Waals surface area (Å²) in [5, 5.41) is 5.13. The molecule has 0 fully saturated rings. The van der Waals surface area contributed by atoms with E-state index >= 15 is 0 Å². The van der Waals surface area contributed by atoms with Crippen molar-refractivity contribution in [3.8, 4) is 0 Å². The maximum atomic E-state index is 12.1. The van der Waals surface area contributed by atoms with Crippen molar-refractivity contribution in [2.24, 2.45) is 0 Å². The molecule has 0 radical (unpaired) electrons. The van der Waals surface area contributed by atoms with Gasteiger partial charge in [0, 0.05) is 27.5 Å². The Morgan fingerprint density at radius 3 is 2.48 bits per heavy atom. The molecule has 0 aliphatic heterocycles. The van der Waals surface area contributed by atoms with Gasteiger partial charge in [-0.15, -0.1) is 0 Å². The Hall–Kier alpha value is -1.97. The van der Waals surface area contributed by atoms with Crippen molar-refractivity contribution in [2.75, 3.05) is 0 Å². The normalized spacial score (nSPS) is 10.8. The third-order valence-corrected chi connectivity index (χ3v) is 3.68. The number of carbonyl (C=O) groups excluding carboxylic acids is 1. The van der Waals surface area contributed by atoms with Crippen LogP contribution in [-0.2, 0) is 6.54 Å². The fourth-order valence-corrected chi connectivity index (χ4v) is 2.40. The highest BCUT2D eigenvalue weighted by molar-refractivity contribution is 6.31. The molecule has 0 bridgehead atoms. The van der Waals surface area contributed by atoms with E-state index in [0.29, 0.717) is 22.3 Å². The number of nitrogens with one attached hydrogen (secondary N) is 2. The summed E-state index contributed by atoms with van der Waals surface area (Å²) in [6.45, 7) is 0.451. The molecule has 1 amide bonds. The molecule has 0 saturated heterocycles. The molecule has 1 heterocycles. The first-order valence-electron chi connectivity index (χ1n) is 6.43. The van der Waals surface area contributed by atoms with Gasteiger partial charge in [-0.3, -0.25) is 4.79 Å². The zero-order valence-electron chi connectivity index (χ0n) is 11.0. The van der Waals surface area contributed by atoms with E-state index in [1.54, 1.807) is 24.3 Å². The van der Waals surface area contributed by atoms with Crippen LogP contribution < -0.4 is 5.32 Å². The van der Waals surface area contributed by atoms with Crippen molar-refractivity contribution in [1.82, 2.24) is 10.3 Å². The second kappa shape index (κ2) is 5.80. The lowest BCUT2D eigenvalue weighted by molar-refractivity contribution is 0.0947. The number of halogens is 2. The average molecular weight is 319 g/mol. The maximum absolute atomic E-state index is 12.1. The predicted molar refractivity (Wildman–Crippen MR) is 85.9 cm³/mol. The van der Waals surface area contributed by atoms with Gasteiger partial charge in [-0.05, 0) is 35.9 Å². The molecule has 2 aromatic carbocycles. The summed E-state index contributed by atoms with van der Waals surface area (Å²) < 4.78 is 0. The fourth-order valence-electron chi connectivity index (χ4n) is 2.10. The van der Waals surface area contributed by atoms with Crippen molar-refractivity contribution in [3.05, 3.63) is 69.8 Å². The SMILES string of the molecule is O=C(NCc1ccc(Cl)cc1)c1cc2ccc(Cl)cc2[nH]1. The molecule has 0 saturated carbocycles. The van der Waals surface area contributed by atoms with Gasteiger partial charge < -0.3 is 10.3 Å². The quantitative estimate of drug-likeness (QED) is 0.738. The minimum atomic E-state index is -0.155. The Balaban J connectivity index is 1.73. The van der Waals surface area contributed by atoms with Gasteiger partial charge >= 0.3 is 0 Å². The van der Waals surface area contributed by atoms with Crippen LogP contribution in [0.2, 0.25) is 10.0 Å². The van der Waals surface area contributed by atoms with Crippen LogP contribution in [0.25, 0.3) is 10.9 Å². The minimum Gasteiger partial charge on any atom is -0.350 e. The maximum Gasteiger partial charge on any atom is 0.267 e. The van der Waals surface area contributed by atoms with Crippen LogP contribution in [0.15, 0.2) is 48.5 Å². The molecular formula is C16H12Cl2N2O. The topological polar surface area (TPSA) is 44.9 Å². The highest BCUT2D eigenvalue weighted by atomic mass is 35.5. The number of aromatic amines is 1. The molecular weight excluding hydrogens is 307 g/mol. The van der Waals surface area contributed by atoms with Crippen molar-refractivity contribution in [3.63, 3.8) is 0 Å². The molecule has 1 aromatic heterocycles. The third kappa shape index (κ3) is 3.20. The van der Waals surface area contributed by atoms with Gasteiger partial charge in [0.2, 0.25) is 0 Å². The van der Waals surface area contributed by atoms with E-state index in [1.165, 1.54) is 0 Å². The minimum absolute atomic E-state index is 0.155. The van der Waals surface area contributed by atoms with E-state index in [4.69, 9.17) is 23.2 Å². The summed E-state index contributed by atoms with van der Waals surface area (Å²) in [7, 11) is 0. The van der Waals surface area contributed by atoms with Crippen LogP contribution in [0.3, 0.4) is 0 Å². The summed E-state index contributed by atoms with van der Waals surface area (Å²) in [4.78, 5) is 15.2. The van der Waals surface area contributed by atoms with E-state index in [1.807, 2.05) is 24.3 Å². The van der Waals surface area contributed by atoms with Crippen LogP contribution in [0, 0.1) is 0 Å². The lowest BCUT2D eigenvalue weighted by atomic mass is 10.2. The lowest BCUT2D eigenvalue weighted by Crippen LogP contribution is -2.22. The molecule has 0 spiro atoms. The molecule has 3 rings (SSSR count). The molecule has 0 aliphatic carbocycles. The summed E-state index contributed by atoms with van der Waals surface area (Å²) in [6.07, 6.45) is 0. The van der Waals surface area contributed by atoms with E-state index in [2.05, 4.69) is 10.3 Å². The van der Waals surface area contributed by atoms with Crippen molar-refractivity contribution in [1.29, 1.82) is 0 Å². The summed E-state index contributed by atoms with van der Waals surface area (Å²) >= 11 is 11.8. The monoisotopic (exact) mass is 318 g/mol. The Labute approximate surface area is 131 Å². The molecule has 2 N–H and O–H groups in total. The summed E-state index contributed by atoms with van der Waals surface area (Å²) in [6, 6.07) is 14.6. The first-order valence-corrected chi connectivity index (χ1v) is 7.18. The van der Waals surface area contributed by atoms with Crippen molar-refractivity contribution < 1.29 is 4.79 Å². The number of aromatic nitrogens is 1. The second-order valence-electron chi connectivity index (χ2n) is 4.72. The van der Waals surface area contributed by atoms with Crippen LogP contribution in [0.4, 0.5) is 0 Å². The van der Waals surface area contributed by atoms with Crippen LogP contribution >= 0.6 is 23.2 Å². The lowest BCUT2D eigenvalue weighted by Gasteiger charge is -2.04. The van der Waals surface area contributed by atoms with Crippen LogP contribution in [0.1, 0.15) is 16.1 Å². The largest absolute Gasteiger partial charge is 0.350 e. The number of hydrogen-bond acceptors (Lipinski definition) is 1. The summed E-state index contributed by atoms with van der Waals surface area (Å²) in [5.74, 6) is -0.155. The van der Waals surface area contributed by atoms with E-state index in [-0.39, 0.29) is 5.91 Å². The van der Waals surface area contributed by atoms with E-state index in [9.17, 15) is 4.79 Å². The van der Waals surface area contributed by atoms with Gasteiger partial charge in [0.25, 0.3) is 5.91 Å². The van der Waals surface area contributed by atoms with Gasteiger partial charge in [0.15, 0.2) is 0 Å². The van der Waals surface area contributed by atoms with Gasteiger partial charge in [-0.2, -0.15) is 0 Å². The first-order chi connectivity index (χ1) is 10.1. The van der Waals surface area contributed by atoms with Crippen LogP contribution in [0.5, 0.6) is 0 Å². The molecule has 3 aromatic rings. The fraction of sp³-hybridized carbons (Fsp3) is 0.0625. The molecule has 21 heavy (non-hydrogen) atoms. The second-order valence-corrected chi connectivity index (χ2v) is 5.60. The smallest absolute Gasteiger partial charge is 0.267 e. The van der Waals surface area contributed by atoms with Gasteiger partial charge in [0.05, 0.1) is 0 Å². The molecule has 5 heteroatoms. The zero-order chi connectivity index (χ0) is 14.8. The molecule has 0 aliphatic rings. The summed E-state index contributed by atoms with van der Waals surface area (Å²) in [5.41, 5.74) is 2.35. The number of fused-ring (bicyclic) bond motifs is 1. The standard InChI is InChI=1S/C16H12Cl2N2O/c17-12-4-1-10(2-5-12)9-19-16(21)15-7-11-3-6-13(18)8-14(11)20-15/h1-8,20H,9H2,(H,19,21). The first kappa shape index (κ1) is 14.0. The number of hydrogen-bond donors (Lipinski definition) is 2. The zero-order valence-corrected chi connectivity index (χ0v) is 12.5. The van der Waals surface area contributed by atoms with Gasteiger partial charge in [-0.1, -0.05) is 41.4 Å². The third-order valence-electron chi connectivity index (χ3n) is 3.20. The number of carbonyl (C=O) groups is 1. The van der Waals surface area contributed by atoms with E-state index < -0.39 is 0 Å². The Morgan fingerprint density at radius 2 is 1.71 bits per heavy atom. The Bertz CT molecular complexity index is 794. The van der Waals surface area contributed by atoms with Crippen LogP contribution in [-0.4, -0.2) is 10.9 Å². The highest BCUT2D eigenvalue weighted by Gasteiger charge is 2.09. The predicted octanol–water partition coefficient (Wildman–Crippen LogP) is 4.40. The molecule has 106 valence electrons. The number of rotatable bonds is 3. The number of amides is 1. The van der Waals surface area contributed by atoms with Gasteiger partial charge in [0.1, 0.15) is 5.69 Å². The number of H-pyrrole nitrogens is 1. The van der Waals surface area contributed by atoms with Crippen molar-refractivity contribution >= 4 is 40.0 Å². The van der Waals surface area contributed by atoms with Crippen molar-refractivity contribution in [2.45, 2.75) is 6.54 Å². The average Bonchev–Trinajstić information content (AvgIpc) is 2.89. The Kier molecular flexibility index (Phi) is 3.86.